The lowest BCUT2D eigenvalue weighted by molar-refractivity contribution is -0.120. The number of carbonyl (C=O) groups is 1. The zero-order valence-corrected chi connectivity index (χ0v) is 15.9. The van der Waals surface area contributed by atoms with Crippen molar-refractivity contribution in [3.8, 4) is 0 Å². The summed E-state index contributed by atoms with van der Waals surface area (Å²) in [4.78, 5) is 12.2. The Morgan fingerprint density at radius 1 is 1.04 bits per heavy atom. The monoisotopic (exact) mass is 360 g/mol. The number of rotatable bonds is 6. The Morgan fingerprint density at radius 3 is 2.12 bits per heavy atom. The average Bonchev–Trinajstić information content (AvgIpc) is 2.53. The minimum Gasteiger partial charge on any atom is -0.358 e. The van der Waals surface area contributed by atoms with Gasteiger partial charge in [-0.2, -0.15) is 4.31 Å². The van der Waals surface area contributed by atoms with Crippen molar-refractivity contribution in [2.45, 2.75) is 32.2 Å². The van der Waals surface area contributed by atoms with E-state index in [1.54, 1.807) is 13.8 Å². The van der Waals surface area contributed by atoms with Gasteiger partial charge in [0.05, 0.1) is 11.4 Å². The molecule has 0 fully saturated rings. The summed E-state index contributed by atoms with van der Waals surface area (Å²) in [5.74, 6) is -0.345. The van der Waals surface area contributed by atoms with Gasteiger partial charge in [-0.25, -0.2) is 8.42 Å². The molecule has 0 aliphatic heterocycles. The quantitative estimate of drug-likeness (QED) is 0.861. The van der Waals surface area contributed by atoms with Crippen molar-refractivity contribution in [3.05, 3.63) is 64.7 Å². The van der Waals surface area contributed by atoms with Crippen molar-refractivity contribution in [2.75, 3.05) is 13.6 Å². The van der Waals surface area contributed by atoms with Gasteiger partial charge in [0.25, 0.3) is 0 Å². The SMILES string of the molecule is CNC(=O)CN(Cc1ccccc1)S(=O)(=O)c1c(C)cc(C)cc1C. The minimum absolute atomic E-state index is 0.142. The normalized spacial score (nSPS) is 11.6. The highest BCUT2D eigenvalue weighted by Crippen LogP contribution is 2.26. The third-order valence-corrected chi connectivity index (χ3v) is 6.10. The molecule has 0 atom stereocenters. The first-order valence-electron chi connectivity index (χ1n) is 8.08. The smallest absolute Gasteiger partial charge is 0.244 e. The summed E-state index contributed by atoms with van der Waals surface area (Å²) in [7, 11) is -2.31. The molecule has 0 radical (unpaired) electrons. The van der Waals surface area contributed by atoms with E-state index in [1.807, 2.05) is 49.4 Å². The molecule has 25 heavy (non-hydrogen) atoms. The lowest BCUT2D eigenvalue weighted by atomic mass is 10.1. The summed E-state index contributed by atoms with van der Waals surface area (Å²) in [5.41, 5.74) is 3.21. The second kappa shape index (κ2) is 7.80. The first-order chi connectivity index (χ1) is 11.8. The summed E-state index contributed by atoms with van der Waals surface area (Å²) >= 11 is 0. The molecular weight excluding hydrogens is 336 g/mol. The Bertz CT molecular complexity index is 838. The predicted molar refractivity (Wildman–Crippen MR) is 98.8 cm³/mol. The van der Waals surface area contributed by atoms with Crippen LogP contribution in [-0.2, 0) is 21.4 Å². The predicted octanol–water partition coefficient (Wildman–Crippen LogP) is 2.55. The fourth-order valence-corrected chi connectivity index (χ4v) is 4.75. The van der Waals surface area contributed by atoms with Gasteiger partial charge in [-0.3, -0.25) is 4.79 Å². The van der Waals surface area contributed by atoms with Crippen LogP contribution in [0.4, 0.5) is 0 Å². The molecule has 0 aromatic heterocycles. The maximum absolute atomic E-state index is 13.3. The van der Waals surface area contributed by atoms with Crippen LogP contribution in [0.3, 0.4) is 0 Å². The van der Waals surface area contributed by atoms with Gasteiger partial charge in [0, 0.05) is 13.6 Å². The van der Waals surface area contributed by atoms with E-state index in [9.17, 15) is 13.2 Å². The van der Waals surface area contributed by atoms with Crippen LogP contribution in [0.25, 0.3) is 0 Å². The van der Waals surface area contributed by atoms with Crippen molar-refractivity contribution in [1.29, 1.82) is 0 Å². The molecule has 0 heterocycles. The Morgan fingerprint density at radius 2 is 1.60 bits per heavy atom. The molecule has 0 aliphatic rings. The van der Waals surface area contributed by atoms with Crippen LogP contribution >= 0.6 is 0 Å². The first-order valence-corrected chi connectivity index (χ1v) is 9.52. The Kier molecular flexibility index (Phi) is 5.98. The lowest BCUT2D eigenvalue weighted by Crippen LogP contribution is -2.39. The Hall–Kier alpha value is -2.18. The third-order valence-electron chi connectivity index (χ3n) is 4.00. The zero-order valence-electron chi connectivity index (χ0n) is 15.0. The van der Waals surface area contributed by atoms with Crippen LogP contribution in [0.15, 0.2) is 47.4 Å². The standard InChI is InChI=1S/C19H24N2O3S/c1-14-10-15(2)19(16(3)11-14)25(23,24)21(13-18(22)20-4)12-17-8-6-5-7-9-17/h5-11H,12-13H2,1-4H3,(H,20,22). The van der Waals surface area contributed by atoms with E-state index in [2.05, 4.69) is 5.32 Å². The minimum atomic E-state index is -3.81. The van der Waals surface area contributed by atoms with Crippen molar-refractivity contribution < 1.29 is 13.2 Å². The maximum atomic E-state index is 13.3. The summed E-state index contributed by atoms with van der Waals surface area (Å²) in [6, 6.07) is 13.0. The van der Waals surface area contributed by atoms with E-state index in [4.69, 9.17) is 0 Å². The molecule has 0 saturated heterocycles. The highest BCUT2D eigenvalue weighted by Gasteiger charge is 2.29. The van der Waals surface area contributed by atoms with Crippen molar-refractivity contribution in [1.82, 2.24) is 9.62 Å². The van der Waals surface area contributed by atoms with E-state index in [1.165, 1.54) is 11.4 Å². The zero-order chi connectivity index (χ0) is 18.6. The van der Waals surface area contributed by atoms with Gasteiger partial charge < -0.3 is 5.32 Å². The molecule has 134 valence electrons. The Balaban J connectivity index is 2.50. The van der Waals surface area contributed by atoms with E-state index in [0.717, 1.165) is 11.1 Å². The highest BCUT2D eigenvalue weighted by molar-refractivity contribution is 7.89. The van der Waals surface area contributed by atoms with E-state index >= 15 is 0 Å². The molecule has 0 saturated carbocycles. The van der Waals surface area contributed by atoms with Gasteiger partial charge in [-0.15, -0.1) is 0 Å². The number of nitrogens with zero attached hydrogens (tertiary/aromatic N) is 1. The summed E-state index contributed by atoms with van der Waals surface area (Å²) in [5, 5.41) is 2.50. The first kappa shape index (κ1) is 19.1. The molecule has 1 amide bonds. The summed E-state index contributed by atoms with van der Waals surface area (Å²) in [6.45, 7) is 5.42. The molecule has 5 nitrogen and oxygen atoms in total. The van der Waals surface area contributed by atoms with Gasteiger partial charge in [-0.05, 0) is 37.5 Å². The molecule has 0 unspecified atom stereocenters. The number of carbonyl (C=O) groups excluding carboxylic acids is 1. The molecular formula is C19H24N2O3S. The molecule has 2 aromatic rings. The van der Waals surface area contributed by atoms with Gasteiger partial charge in [0.2, 0.25) is 15.9 Å². The number of hydrogen-bond donors (Lipinski definition) is 1. The van der Waals surface area contributed by atoms with E-state index < -0.39 is 10.0 Å². The molecule has 6 heteroatoms. The number of benzene rings is 2. The number of hydrogen-bond acceptors (Lipinski definition) is 3. The van der Waals surface area contributed by atoms with E-state index in [0.29, 0.717) is 11.1 Å². The van der Waals surface area contributed by atoms with Crippen molar-refractivity contribution in [3.63, 3.8) is 0 Å². The van der Waals surface area contributed by atoms with Gasteiger partial charge >= 0.3 is 0 Å². The molecule has 0 aliphatic carbocycles. The third kappa shape index (κ3) is 4.46. The topological polar surface area (TPSA) is 66.5 Å². The van der Waals surface area contributed by atoms with Crippen LogP contribution in [0, 0.1) is 20.8 Å². The number of nitrogens with one attached hydrogen (secondary N) is 1. The second-order valence-corrected chi connectivity index (χ2v) is 8.03. The van der Waals surface area contributed by atoms with Gasteiger partial charge in [0.15, 0.2) is 0 Å². The number of amides is 1. The van der Waals surface area contributed by atoms with Crippen LogP contribution in [0.2, 0.25) is 0 Å². The van der Waals surface area contributed by atoms with Crippen molar-refractivity contribution >= 4 is 15.9 Å². The molecule has 2 rings (SSSR count). The molecule has 0 spiro atoms. The van der Waals surface area contributed by atoms with Crippen LogP contribution in [-0.4, -0.2) is 32.2 Å². The fourth-order valence-electron chi connectivity index (χ4n) is 2.95. The van der Waals surface area contributed by atoms with E-state index in [-0.39, 0.29) is 23.9 Å². The largest absolute Gasteiger partial charge is 0.358 e. The number of sulfonamides is 1. The maximum Gasteiger partial charge on any atom is 0.244 e. The van der Waals surface area contributed by atoms with Crippen molar-refractivity contribution in [2.24, 2.45) is 0 Å². The number of aryl methyl sites for hydroxylation is 3. The fraction of sp³-hybridized carbons (Fsp3) is 0.316. The highest BCUT2D eigenvalue weighted by atomic mass is 32.2. The van der Waals surface area contributed by atoms with Gasteiger partial charge in [0.1, 0.15) is 0 Å². The molecule has 1 N–H and O–H groups in total. The lowest BCUT2D eigenvalue weighted by Gasteiger charge is -2.24. The number of likely N-dealkylation sites (N-methyl/N-ethyl adjacent to an activating group) is 1. The molecule has 2 aromatic carbocycles. The molecule has 0 bridgehead atoms. The Labute approximate surface area is 149 Å². The van der Waals surface area contributed by atoms with Crippen LogP contribution < -0.4 is 5.32 Å². The summed E-state index contributed by atoms with van der Waals surface area (Å²) in [6.07, 6.45) is 0. The van der Waals surface area contributed by atoms with Gasteiger partial charge in [-0.1, -0.05) is 48.0 Å². The van der Waals surface area contributed by atoms with Crippen LogP contribution in [0.5, 0.6) is 0 Å². The second-order valence-electron chi connectivity index (χ2n) is 6.16. The van der Waals surface area contributed by atoms with Crippen LogP contribution in [0.1, 0.15) is 22.3 Å². The summed E-state index contributed by atoms with van der Waals surface area (Å²) < 4.78 is 27.8. The average molecular weight is 360 g/mol.